The normalized spacial score (nSPS) is 23.1. The lowest BCUT2D eigenvalue weighted by molar-refractivity contribution is -0.110. The van der Waals surface area contributed by atoms with E-state index in [2.05, 4.69) is 10.2 Å². The molecule has 5 rings (SSSR count). The maximum absolute atomic E-state index is 13.7. The number of pyridine rings is 1. The van der Waals surface area contributed by atoms with E-state index in [-0.39, 0.29) is 12.0 Å². The van der Waals surface area contributed by atoms with E-state index >= 15 is 0 Å². The second kappa shape index (κ2) is 7.81. The van der Waals surface area contributed by atoms with Crippen LogP contribution in [0.15, 0.2) is 30.3 Å². The molecule has 1 unspecified atom stereocenters. The van der Waals surface area contributed by atoms with E-state index in [0.29, 0.717) is 29.2 Å². The van der Waals surface area contributed by atoms with Crippen molar-refractivity contribution in [3.05, 3.63) is 58.7 Å². The Balaban J connectivity index is 1.33. The molecular weight excluding hydrogens is 385 g/mol. The van der Waals surface area contributed by atoms with E-state index in [0.717, 1.165) is 62.3 Å². The Morgan fingerprint density at radius 1 is 1.27 bits per heavy atom. The van der Waals surface area contributed by atoms with Crippen LogP contribution in [0.1, 0.15) is 41.8 Å². The monoisotopic (exact) mass is 409 g/mol. The number of aromatic nitrogens is 1. The molecule has 2 N–H and O–H groups in total. The number of nitrogens with zero attached hydrogens (tertiary/aromatic N) is 2. The first kappa shape index (κ1) is 19.2. The second-order valence-electron chi connectivity index (χ2n) is 8.13. The van der Waals surface area contributed by atoms with Crippen LogP contribution in [-0.2, 0) is 22.6 Å². The largest absolute Gasteiger partial charge is 0.486 e. The molecular formula is C23H24FN3O3. The number of amides is 1. The van der Waals surface area contributed by atoms with Gasteiger partial charge < -0.3 is 20.1 Å². The summed E-state index contributed by atoms with van der Waals surface area (Å²) in [6, 6.07) is 8.17. The lowest BCUT2D eigenvalue weighted by Crippen LogP contribution is -2.38. The van der Waals surface area contributed by atoms with Gasteiger partial charge in [-0.3, -0.25) is 9.78 Å². The maximum atomic E-state index is 13.7. The smallest absolute Gasteiger partial charge is 0.260 e. The number of ether oxygens (including phenoxy) is 1. The van der Waals surface area contributed by atoms with Gasteiger partial charge in [0.2, 0.25) is 0 Å². The molecule has 3 aliphatic rings. The van der Waals surface area contributed by atoms with Crippen LogP contribution >= 0.6 is 0 Å². The van der Waals surface area contributed by atoms with Crippen LogP contribution in [0.3, 0.4) is 0 Å². The van der Waals surface area contributed by atoms with E-state index in [1.165, 1.54) is 12.1 Å². The summed E-state index contributed by atoms with van der Waals surface area (Å²) in [6.45, 7) is 3.05. The summed E-state index contributed by atoms with van der Waals surface area (Å²) in [7, 11) is 0. The molecule has 0 aliphatic carbocycles. The topological polar surface area (TPSA) is 74.7 Å². The maximum Gasteiger partial charge on any atom is 0.260 e. The SMILES string of the molecule is O=C1Nc2ccc(F)cc2/C1=C1\OCc2nc(CCCN3CCCC(O)C3)ccc21. The van der Waals surface area contributed by atoms with E-state index in [1.54, 1.807) is 6.07 Å². The summed E-state index contributed by atoms with van der Waals surface area (Å²) < 4.78 is 19.6. The van der Waals surface area contributed by atoms with Crippen LogP contribution in [0.4, 0.5) is 10.1 Å². The second-order valence-corrected chi connectivity index (χ2v) is 8.13. The highest BCUT2D eigenvalue weighted by Crippen LogP contribution is 2.41. The van der Waals surface area contributed by atoms with Crippen LogP contribution < -0.4 is 5.32 Å². The number of likely N-dealkylation sites (tertiary alicyclic amines) is 1. The fourth-order valence-corrected chi connectivity index (χ4v) is 4.51. The van der Waals surface area contributed by atoms with Crippen molar-refractivity contribution in [1.29, 1.82) is 0 Å². The number of hydrogen-bond acceptors (Lipinski definition) is 5. The third-order valence-electron chi connectivity index (χ3n) is 5.97. The molecule has 6 nitrogen and oxygen atoms in total. The Kier molecular flexibility index (Phi) is 5.00. The number of benzene rings is 1. The number of β-amino-alcohol motifs (C(OH)–C–C–N with tert-alkyl or cyclic N) is 1. The third-order valence-corrected chi connectivity index (χ3v) is 5.97. The highest BCUT2D eigenvalue weighted by Gasteiger charge is 2.33. The van der Waals surface area contributed by atoms with Crippen LogP contribution in [0.25, 0.3) is 11.3 Å². The van der Waals surface area contributed by atoms with Gasteiger partial charge in [-0.1, -0.05) is 0 Å². The number of aliphatic hydroxyl groups is 1. The number of rotatable bonds is 4. The summed E-state index contributed by atoms with van der Waals surface area (Å²) in [4.78, 5) is 19.6. The van der Waals surface area contributed by atoms with Crippen molar-refractivity contribution < 1.29 is 19.0 Å². The number of fused-ring (bicyclic) bond motifs is 2. The minimum Gasteiger partial charge on any atom is -0.486 e. The van der Waals surface area contributed by atoms with Crippen molar-refractivity contribution in [2.45, 2.75) is 38.4 Å². The minimum absolute atomic E-state index is 0.202. The molecule has 30 heavy (non-hydrogen) atoms. The minimum atomic E-state index is -0.392. The summed E-state index contributed by atoms with van der Waals surface area (Å²) in [5, 5.41) is 12.6. The molecule has 1 amide bonds. The molecule has 2 aromatic rings. The summed E-state index contributed by atoms with van der Waals surface area (Å²) in [5.41, 5.74) is 4.06. The molecule has 0 spiro atoms. The number of anilines is 1. The van der Waals surface area contributed by atoms with Gasteiger partial charge in [-0.05, 0) is 69.1 Å². The average molecular weight is 409 g/mol. The van der Waals surface area contributed by atoms with Crippen LogP contribution in [0, 0.1) is 5.82 Å². The van der Waals surface area contributed by atoms with Crippen molar-refractivity contribution >= 4 is 22.9 Å². The highest BCUT2D eigenvalue weighted by molar-refractivity contribution is 6.36. The van der Waals surface area contributed by atoms with Crippen molar-refractivity contribution in [3.63, 3.8) is 0 Å². The molecule has 0 saturated carbocycles. The number of halogens is 1. The zero-order valence-electron chi connectivity index (χ0n) is 16.7. The molecule has 4 heterocycles. The van der Waals surface area contributed by atoms with E-state index in [4.69, 9.17) is 9.72 Å². The van der Waals surface area contributed by atoms with Gasteiger partial charge in [0.25, 0.3) is 5.91 Å². The van der Waals surface area contributed by atoms with Crippen molar-refractivity contribution in [2.24, 2.45) is 0 Å². The van der Waals surface area contributed by atoms with Gasteiger partial charge >= 0.3 is 0 Å². The van der Waals surface area contributed by atoms with Crippen LogP contribution in [0.5, 0.6) is 0 Å². The Morgan fingerprint density at radius 3 is 3.03 bits per heavy atom. The van der Waals surface area contributed by atoms with Crippen LogP contribution in [0.2, 0.25) is 0 Å². The molecule has 1 atom stereocenters. The molecule has 1 aromatic carbocycles. The number of carbonyl (C=O) groups is 1. The van der Waals surface area contributed by atoms with Crippen molar-refractivity contribution in [3.8, 4) is 0 Å². The molecule has 1 fully saturated rings. The summed E-state index contributed by atoms with van der Waals surface area (Å²) >= 11 is 0. The van der Waals surface area contributed by atoms with Gasteiger partial charge in [0.05, 0.1) is 17.4 Å². The predicted molar refractivity (Wildman–Crippen MR) is 111 cm³/mol. The van der Waals surface area contributed by atoms with Crippen molar-refractivity contribution in [1.82, 2.24) is 9.88 Å². The van der Waals surface area contributed by atoms with Gasteiger partial charge in [0.15, 0.2) is 0 Å². The zero-order valence-corrected chi connectivity index (χ0v) is 16.7. The van der Waals surface area contributed by atoms with E-state index < -0.39 is 5.82 Å². The summed E-state index contributed by atoms with van der Waals surface area (Å²) in [6.07, 6.45) is 3.57. The van der Waals surface area contributed by atoms with Gasteiger partial charge in [-0.25, -0.2) is 4.39 Å². The number of piperidine rings is 1. The fourth-order valence-electron chi connectivity index (χ4n) is 4.51. The lowest BCUT2D eigenvalue weighted by atomic mass is 10.0. The quantitative estimate of drug-likeness (QED) is 0.760. The van der Waals surface area contributed by atoms with Crippen molar-refractivity contribution in [2.75, 3.05) is 25.0 Å². The molecule has 3 aliphatic heterocycles. The molecule has 7 heteroatoms. The Morgan fingerprint density at radius 2 is 2.17 bits per heavy atom. The summed E-state index contributed by atoms with van der Waals surface area (Å²) in [5.74, 6) is -0.212. The lowest BCUT2D eigenvalue weighted by Gasteiger charge is -2.29. The first-order valence-electron chi connectivity index (χ1n) is 10.5. The Hall–Kier alpha value is -2.77. The number of carbonyl (C=O) groups excluding carboxylic acids is 1. The van der Waals surface area contributed by atoms with Gasteiger partial charge in [0, 0.05) is 29.1 Å². The number of aliphatic hydroxyl groups excluding tert-OH is 1. The molecule has 0 bridgehead atoms. The molecule has 1 saturated heterocycles. The van der Waals surface area contributed by atoms with Gasteiger partial charge in [-0.2, -0.15) is 0 Å². The van der Waals surface area contributed by atoms with Gasteiger partial charge in [0.1, 0.15) is 18.2 Å². The molecule has 0 radical (unpaired) electrons. The first-order chi connectivity index (χ1) is 14.6. The first-order valence-corrected chi connectivity index (χ1v) is 10.5. The van der Waals surface area contributed by atoms with Gasteiger partial charge in [-0.15, -0.1) is 0 Å². The third kappa shape index (κ3) is 3.59. The predicted octanol–water partition coefficient (Wildman–Crippen LogP) is 2.96. The molecule has 1 aromatic heterocycles. The molecule has 156 valence electrons. The average Bonchev–Trinajstić information content (AvgIpc) is 3.27. The Labute approximate surface area is 174 Å². The van der Waals surface area contributed by atoms with E-state index in [9.17, 15) is 14.3 Å². The van der Waals surface area contributed by atoms with E-state index in [1.807, 2.05) is 12.1 Å². The highest BCUT2D eigenvalue weighted by atomic mass is 19.1. The fraction of sp³-hybridized carbons (Fsp3) is 0.391. The number of hydrogen-bond donors (Lipinski definition) is 2. The standard InChI is InChI=1S/C23H24FN3O3/c24-14-5-8-19-18(11-14)21(23(29)26-19)22-17-7-6-15(25-20(17)13-30-22)3-1-9-27-10-2-4-16(28)12-27/h5-8,11,16,28H,1-4,9-10,12-13H2,(H,26,29)/b22-21+. The van der Waals surface area contributed by atoms with Crippen LogP contribution in [-0.4, -0.2) is 46.6 Å². The Bertz CT molecular complexity index is 1040. The zero-order chi connectivity index (χ0) is 20.7. The number of aryl methyl sites for hydroxylation is 1. The number of nitrogens with one attached hydrogen (secondary N) is 1.